The molecule has 0 aliphatic rings. The van der Waals surface area contributed by atoms with Crippen LogP contribution in [0.3, 0.4) is 0 Å². The van der Waals surface area contributed by atoms with Crippen LogP contribution in [0.2, 0.25) is 0 Å². The molecule has 0 aliphatic heterocycles. The van der Waals surface area contributed by atoms with E-state index in [1.54, 1.807) is 13.8 Å². The van der Waals surface area contributed by atoms with Crippen LogP contribution in [-0.4, -0.2) is 35.1 Å². The Morgan fingerprint density at radius 3 is 2.60 bits per heavy atom. The second-order valence-corrected chi connectivity index (χ2v) is 6.78. The molecule has 0 aromatic carbocycles. The van der Waals surface area contributed by atoms with E-state index in [2.05, 4.69) is 10.4 Å². The Morgan fingerprint density at radius 2 is 2.20 bits per heavy atom. The average molecular weight is 325 g/mol. The van der Waals surface area contributed by atoms with E-state index in [-0.39, 0.29) is 24.9 Å². The number of aryl methyl sites for hydroxylation is 1. The van der Waals surface area contributed by atoms with E-state index in [1.165, 1.54) is 0 Å². The van der Waals surface area contributed by atoms with Crippen LogP contribution in [0.5, 0.6) is 0 Å². The summed E-state index contributed by atoms with van der Waals surface area (Å²) in [5, 5.41) is 16.8. The molecule has 0 saturated heterocycles. The van der Waals surface area contributed by atoms with Crippen LogP contribution < -0.4 is 5.32 Å². The van der Waals surface area contributed by atoms with Gasteiger partial charge in [0.2, 0.25) is 10.8 Å². The number of carbonyl (C=O) groups is 1. The highest BCUT2D eigenvalue weighted by atomic mass is 35.7. The van der Waals surface area contributed by atoms with E-state index in [4.69, 9.17) is 10.7 Å². The van der Waals surface area contributed by atoms with Crippen molar-refractivity contribution in [1.29, 1.82) is 0 Å². The lowest BCUT2D eigenvalue weighted by atomic mass is 10.3. The van der Waals surface area contributed by atoms with Crippen molar-refractivity contribution in [1.82, 2.24) is 15.1 Å². The molecule has 1 rings (SSSR count). The van der Waals surface area contributed by atoms with Crippen molar-refractivity contribution in [3.8, 4) is 0 Å². The Morgan fingerprint density at radius 1 is 1.60 bits per heavy atom. The minimum Gasteiger partial charge on any atom is -0.358 e. The summed E-state index contributed by atoms with van der Waals surface area (Å²) in [6.07, 6.45) is 0.946. The molecule has 0 aliphatic carbocycles. The van der Waals surface area contributed by atoms with E-state index in [9.17, 15) is 23.3 Å². The van der Waals surface area contributed by atoms with E-state index in [1.807, 2.05) is 0 Å². The van der Waals surface area contributed by atoms with E-state index in [0.29, 0.717) is 0 Å². The van der Waals surface area contributed by atoms with Crippen LogP contribution in [0.15, 0.2) is 11.1 Å². The second kappa shape index (κ2) is 6.18. The fourth-order valence-corrected chi connectivity index (χ4v) is 2.32. The van der Waals surface area contributed by atoms with Gasteiger partial charge in [-0.05, 0) is 18.8 Å². The zero-order chi connectivity index (χ0) is 15.5. The minimum atomic E-state index is -4.27. The molecule has 1 heterocycles. The van der Waals surface area contributed by atoms with Crippen molar-refractivity contribution >= 4 is 31.5 Å². The maximum atomic E-state index is 11.4. The molecule has 112 valence electrons. The third-order valence-corrected chi connectivity index (χ3v) is 3.48. The fourth-order valence-electron chi connectivity index (χ4n) is 1.42. The third kappa shape index (κ3) is 4.46. The van der Waals surface area contributed by atoms with Gasteiger partial charge in [-0.2, -0.15) is 4.68 Å². The molecule has 0 fully saturated rings. The van der Waals surface area contributed by atoms with Crippen LogP contribution in [0.1, 0.15) is 20.3 Å². The molecular weight excluding hydrogens is 312 g/mol. The summed E-state index contributed by atoms with van der Waals surface area (Å²) in [6.45, 7) is 3.58. The number of halogens is 1. The molecule has 0 spiro atoms. The number of amides is 1. The van der Waals surface area contributed by atoms with Gasteiger partial charge in [0.1, 0.15) is 0 Å². The highest BCUT2D eigenvalue weighted by molar-refractivity contribution is 8.13. The van der Waals surface area contributed by atoms with Crippen molar-refractivity contribution in [2.45, 2.75) is 37.8 Å². The Hall–Kier alpha value is -1.68. The van der Waals surface area contributed by atoms with Crippen molar-refractivity contribution in [3.05, 3.63) is 16.3 Å². The molecule has 1 amide bonds. The van der Waals surface area contributed by atoms with Gasteiger partial charge < -0.3 is 15.4 Å². The molecule has 11 heteroatoms. The molecular formula is C9H13ClN4O5S. The van der Waals surface area contributed by atoms with Gasteiger partial charge >= 0.3 is 5.82 Å². The first kappa shape index (κ1) is 16.4. The summed E-state index contributed by atoms with van der Waals surface area (Å²) >= 11 is 0. The lowest BCUT2D eigenvalue weighted by Crippen LogP contribution is -2.30. The zero-order valence-corrected chi connectivity index (χ0v) is 12.3. The molecule has 0 atom stereocenters. The largest absolute Gasteiger partial charge is 0.410 e. The summed E-state index contributed by atoms with van der Waals surface area (Å²) in [4.78, 5) is 20.5. The van der Waals surface area contributed by atoms with Crippen LogP contribution in [0.4, 0.5) is 5.82 Å². The lowest BCUT2D eigenvalue weighted by molar-refractivity contribution is -0.392. The molecule has 9 nitrogen and oxygen atoms in total. The first-order chi connectivity index (χ1) is 9.11. The van der Waals surface area contributed by atoms with Gasteiger partial charge in [0, 0.05) is 23.1 Å². The maximum absolute atomic E-state index is 11.4. The number of nitro groups is 1. The number of carbonyl (C=O) groups excluding carboxylic acids is 1. The molecule has 0 saturated carbocycles. The molecule has 0 unspecified atom stereocenters. The highest BCUT2D eigenvalue weighted by Crippen LogP contribution is 2.24. The predicted molar refractivity (Wildman–Crippen MR) is 69.8 cm³/mol. The molecule has 0 radical (unpaired) electrons. The van der Waals surface area contributed by atoms with E-state index >= 15 is 0 Å². The Kier molecular flexibility index (Phi) is 5.06. The van der Waals surface area contributed by atoms with E-state index < -0.39 is 24.7 Å². The summed E-state index contributed by atoms with van der Waals surface area (Å²) in [6, 6.07) is -0.0340. The molecule has 0 bridgehead atoms. The van der Waals surface area contributed by atoms with Crippen LogP contribution in [-0.2, 0) is 20.4 Å². The smallest absolute Gasteiger partial charge is 0.358 e. The first-order valence-corrected chi connectivity index (χ1v) is 7.88. The Bertz CT molecular complexity index is 624. The number of hydrogen-bond donors (Lipinski definition) is 1. The minimum absolute atomic E-state index is 0.00576. The zero-order valence-electron chi connectivity index (χ0n) is 10.7. The van der Waals surface area contributed by atoms with Crippen molar-refractivity contribution in [2.75, 3.05) is 0 Å². The van der Waals surface area contributed by atoms with Crippen molar-refractivity contribution in [3.63, 3.8) is 0 Å². The lowest BCUT2D eigenvalue weighted by Gasteiger charge is -2.06. The van der Waals surface area contributed by atoms with Gasteiger partial charge in [-0.25, -0.2) is 8.42 Å². The Labute approximate surface area is 119 Å². The Balaban J connectivity index is 2.88. The normalized spacial score (nSPS) is 11.6. The van der Waals surface area contributed by atoms with Gasteiger partial charge in [-0.15, -0.1) is 0 Å². The summed E-state index contributed by atoms with van der Waals surface area (Å²) in [5.74, 6) is -1.13. The van der Waals surface area contributed by atoms with Gasteiger partial charge in [0.15, 0.2) is 0 Å². The number of nitrogens with zero attached hydrogens (tertiary/aromatic N) is 3. The van der Waals surface area contributed by atoms with Crippen molar-refractivity contribution < 1.29 is 18.1 Å². The number of aromatic nitrogens is 2. The van der Waals surface area contributed by atoms with Crippen LogP contribution >= 0.6 is 10.7 Å². The maximum Gasteiger partial charge on any atom is 0.410 e. The standard InChI is InChI=1S/C9H13ClN4O5S/c1-6(2)11-8(15)3-4-13-5-7(20(10,18)19)9(12-13)14(16)17/h5-6H,3-4H2,1-2H3,(H,11,15). The van der Waals surface area contributed by atoms with Gasteiger partial charge in [-0.1, -0.05) is 0 Å². The van der Waals surface area contributed by atoms with Crippen molar-refractivity contribution in [2.24, 2.45) is 0 Å². The first-order valence-electron chi connectivity index (χ1n) is 5.57. The molecule has 1 N–H and O–H groups in total. The highest BCUT2D eigenvalue weighted by Gasteiger charge is 2.29. The SMILES string of the molecule is CC(C)NC(=O)CCn1cc(S(=O)(=O)Cl)c([N+](=O)[O-])n1. The van der Waals surface area contributed by atoms with Gasteiger partial charge in [-0.3, -0.25) is 4.79 Å². The summed E-state index contributed by atoms with van der Waals surface area (Å²) in [5.41, 5.74) is 0. The molecule has 1 aromatic rings. The van der Waals surface area contributed by atoms with Crippen LogP contribution in [0.25, 0.3) is 0 Å². The second-order valence-electron chi connectivity index (χ2n) is 4.25. The monoisotopic (exact) mass is 324 g/mol. The number of nitrogens with one attached hydrogen (secondary N) is 1. The summed E-state index contributed by atoms with van der Waals surface area (Å²) < 4.78 is 23.4. The van der Waals surface area contributed by atoms with Crippen LogP contribution in [0, 0.1) is 10.1 Å². The quantitative estimate of drug-likeness (QED) is 0.465. The van der Waals surface area contributed by atoms with Gasteiger partial charge in [0.25, 0.3) is 9.05 Å². The third-order valence-electron chi connectivity index (χ3n) is 2.16. The molecule has 20 heavy (non-hydrogen) atoms. The molecule has 1 aromatic heterocycles. The van der Waals surface area contributed by atoms with E-state index in [0.717, 1.165) is 10.9 Å². The number of hydrogen-bond acceptors (Lipinski definition) is 6. The predicted octanol–water partition coefficient (Wildman–Crippen LogP) is 0.633. The average Bonchev–Trinajstić information content (AvgIpc) is 2.69. The van der Waals surface area contributed by atoms with Gasteiger partial charge in [0.05, 0.1) is 17.8 Å². The summed E-state index contributed by atoms with van der Waals surface area (Å²) in [7, 11) is 0.819. The topological polar surface area (TPSA) is 124 Å². The fraction of sp³-hybridized carbons (Fsp3) is 0.556. The number of rotatable bonds is 6.